The number of aryl methyl sites for hydroxylation is 2. The first kappa shape index (κ1) is 24.7. The molecular formula is C25H21F4N5O2. The van der Waals surface area contributed by atoms with Gasteiger partial charge in [-0.3, -0.25) is 4.98 Å². The number of aliphatic hydroxyl groups excluding tert-OH is 1. The van der Waals surface area contributed by atoms with Gasteiger partial charge in [-0.25, -0.2) is 9.67 Å². The fraction of sp³-hybridized carbons (Fsp3) is 0.160. The Morgan fingerprint density at radius 3 is 2.56 bits per heavy atom. The molecule has 0 unspecified atom stereocenters. The summed E-state index contributed by atoms with van der Waals surface area (Å²) < 4.78 is 57.4. The number of halogens is 4. The Morgan fingerprint density at radius 1 is 1.17 bits per heavy atom. The Labute approximate surface area is 203 Å². The highest BCUT2D eigenvalue weighted by molar-refractivity contribution is 5.85. The van der Waals surface area contributed by atoms with E-state index in [-0.39, 0.29) is 11.3 Å². The molecule has 1 aromatic carbocycles. The molecule has 4 rings (SSSR count). The number of ether oxygens (including phenoxy) is 1. The zero-order chi connectivity index (χ0) is 26.0. The summed E-state index contributed by atoms with van der Waals surface area (Å²) >= 11 is 0. The predicted molar refractivity (Wildman–Crippen MR) is 127 cm³/mol. The van der Waals surface area contributed by atoms with Gasteiger partial charge < -0.3 is 15.2 Å². The average molecular weight is 499 g/mol. The maximum Gasteiger partial charge on any atom is 0.573 e. The first-order valence-electron chi connectivity index (χ1n) is 10.8. The summed E-state index contributed by atoms with van der Waals surface area (Å²) in [5, 5.41) is 18.0. The molecule has 3 heterocycles. The topological polar surface area (TPSA) is 85.1 Å². The van der Waals surface area contributed by atoms with Gasteiger partial charge in [-0.2, -0.15) is 9.49 Å². The lowest BCUT2D eigenvalue weighted by atomic mass is 10.1. The average Bonchev–Trinajstić information content (AvgIpc) is 3.17. The van der Waals surface area contributed by atoms with Crippen LogP contribution in [-0.4, -0.2) is 31.2 Å². The van der Waals surface area contributed by atoms with Crippen LogP contribution < -0.4 is 10.1 Å². The molecule has 0 aliphatic rings. The van der Waals surface area contributed by atoms with Crippen molar-refractivity contribution in [2.75, 3.05) is 5.32 Å². The molecule has 4 aromatic rings. The van der Waals surface area contributed by atoms with Crippen LogP contribution in [0, 0.1) is 12.9 Å². The summed E-state index contributed by atoms with van der Waals surface area (Å²) in [7, 11) is 0. The van der Waals surface area contributed by atoms with Gasteiger partial charge in [0, 0.05) is 29.1 Å². The standard InChI is InChI=1S/C25H21F4N5O2/c1-4-19-23(16-7-10-22(26)31-13-16)24(34(33-19)21-6-5-11-30-14(21)2)32-20-9-8-17(36-25(27,28)29)12-18(20)15(3)35/h5-13,32,35H,3-4H2,1-2H3. The van der Waals surface area contributed by atoms with E-state index in [1.165, 1.54) is 18.3 Å². The van der Waals surface area contributed by atoms with E-state index in [9.17, 15) is 22.7 Å². The van der Waals surface area contributed by atoms with Crippen molar-refractivity contribution < 1.29 is 27.4 Å². The van der Waals surface area contributed by atoms with Crippen molar-refractivity contribution in [3.8, 4) is 22.6 Å². The first-order valence-corrected chi connectivity index (χ1v) is 10.8. The van der Waals surface area contributed by atoms with Crippen molar-refractivity contribution >= 4 is 17.3 Å². The van der Waals surface area contributed by atoms with Crippen LogP contribution in [0.25, 0.3) is 22.6 Å². The van der Waals surface area contributed by atoms with Gasteiger partial charge in [-0.1, -0.05) is 13.5 Å². The molecule has 0 radical (unpaired) electrons. The quantitative estimate of drug-likeness (QED) is 0.171. The van der Waals surface area contributed by atoms with Gasteiger partial charge in [0.15, 0.2) is 0 Å². The third-order valence-corrected chi connectivity index (χ3v) is 5.30. The van der Waals surface area contributed by atoms with E-state index in [2.05, 4.69) is 26.6 Å². The van der Waals surface area contributed by atoms with E-state index < -0.39 is 23.8 Å². The van der Waals surface area contributed by atoms with Gasteiger partial charge in [-0.15, -0.1) is 13.2 Å². The largest absolute Gasteiger partial charge is 0.573 e. The van der Waals surface area contributed by atoms with E-state index >= 15 is 0 Å². The second-order valence-electron chi connectivity index (χ2n) is 7.74. The third kappa shape index (κ3) is 5.14. The molecule has 0 spiro atoms. The van der Waals surface area contributed by atoms with E-state index in [1.54, 1.807) is 36.0 Å². The smallest absolute Gasteiger partial charge is 0.508 e. The number of aromatic nitrogens is 4. The Kier molecular flexibility index (Phi) is 6.65. The number of hydrogen-bond acceptors (Lipinski definition) is 6. The molecule has 0 saturated carbocycles. The molecule has 0 aliphatic heterocycles. The minimum atomic E-state index is -4.90. The fourth-order valence-electron chi connectivity index (χ4n) is 3.72. The summed E-state index contributed by atoms with van der Waals surface area (Å²) in [4.78, 5) is 8.07. The minimum Gasteiger partial charge on any atom is -0.508 e. The van der Waals surface area contributed by atoms with Crippen LogP contribution in [0.3, 0.4) is 0 Å². The fourth-order valence-corrected chi connectivity index (χ4v) is 3.72. The molecule has 7 nitrogen and oxygen atoms in total. The van der Waals surface area contributed by atoms with Gasteiger partial charge in [-0.05, 0) is 55.8 Å². The molecule has 3 aromatic heterocycles. The lowest BCUT2D eigenvalue weighted by Gasteiger charge is -2.17. The van der Waals surface area contributed by atoms with Crippen molar-refractivity contribution in [2.24, 2.45) is 0 Å². The molecule has 2 N–H and O–H groups in total. The molecule has 0 saturated heterocycles. The Balaban J connectivity index is 1.92. The molecule has 11 heteroatoms. The number of aliphatic hydroxyl groups is 1. The second kappa shape index (κ2) is 9.68. The van der Waals surface area contributed by atoms with Crippen LogP contribution in [0.1, 0.15) is 23.9 Å². The number of benzene rings is 1. The summed E-state index contributed by atoms with van der Waals surface area (Å²) in [6.07, 6.45) is -1.40. The van der Waals surface area contributed by atoms with Gasteiger partial charge in [0.05, 0.1) is 22.8 Å². The van der Waals surface area contributed by atoms with Crippen LogP contribution in [0.15, 0.2) is 61.4 Å². The van der Waals surface area contributed by atoms with Gasteiger partial charge in [0.1, 0.15) is 17.3 Å². The lowest BCUT2D eigenvalue weighted by molar-refractivity contribution is -0.274. The first-order chi connectivity index (χ1) is 17.1. The van der Waals surface area contributed by atoms with E-state index in [0.29, 0.717) is 40.4 Å². The summed E-state index contributed by atoms with van der Waals surface area (Å²) in [5.41, 5.74) is 3.32. The number of nitrogens with zero attached hydrogens (tertiary/aromatic N) is 4. The normalized spacial score (nSPS) is 11.4. The zero-order valence-corrected chi connectivity index (χ0v) is 19.3. The van der Waals surface area contributed by atoms with Gasteiger partial charge in [0.2, 0.25) is 5.95 Å². The maximum atomic E-state index is 13.6. The van der Waals surface area contributed by atoms with Crippen molar-refractivity contribution in [2.45, 2.75) is 26.6 Å². The number of pyridine rings is 2. The van der Waals surface area contributed by atoms with Crippen LogP contribution in [0.4, 0.5) is 29.1 Å². The summed E-state index contributed by atoms with van der Waals surface area (Å²) in [6, 6.07) is 9.77. The molecule has 186 valence electrons. The monoisotopic (exact) mass is 499 g/mol. The molecule has 0 atom stereocenters. The Morgan fingerprint density at radius 2 is 1.94 bits per heavy atom. The SMILES string of the molecule is C=C(O)c1cc(OC(F)(F)F)ccc1Nc1c(-c2ccc(F)nc2)c(CC)nn1-c1cccnc1C. The van der Waals surface area contributed by atoms with E-state index in [4.69, 9.17) is 5.10 Å². The zero-order valence-electron chi connectivity index (χ0n) is 19.3. The van der Waals surface area contributed by atoms with Crippen molar-refractivity contribution in [3.05, 3.63) is 84.3 Å². The van der Waals surface area contributed by atoms with Crippen LogP contribution >= 0.6 is 0 Å². The summed E-state index contributed by atoms with van der Waals surface area (Å²) in [5.74, 6) is -1.24. The highest BCUT2D eigenvalue weighted by atomic mass is 19.4. The number of nitrogens with one attached hydrogen (secondary N) is 1. The molecule has 0 aliphatic carbocycles. The third-order valence-electron chi connectivity index (χ3n) is 5.30. The number of anilines is 2. The second-order valence-corrected chi connectivity index (χ2v) is 7.74. The summed E-state index contributed by atoms with van der Waals surface area (Å²) in [6.45, 7) is 7.17. The Hall–Kier alpha value is -4.41. The molecule has 36 heavy (non-hydrogen) atoms. The minimum absolute atomic E-state index is 0.0198. The van der Waals surface area contributed by atoms with Gasteiger partial charge >= 0.3 is 6.36 Å². The van der Waals surface area contributed by atoms with Crippen LogP contribution in [-0.2, 0) is 6.42 Å². The van der Waals surface area contributed by atoms with Crippen LogP contribution in [0.5, 0.6) is 5.75 Å². The van der Waals surface area contributed by atoms with Crippen molar-refractivity contribution in [3.63, 3.8) is 0 Å². The van der Waals surface area contributed by atoms with Crippen LogP contribution in [0.2, 0.25) is 0 Å². The molecule has 0 bridgehead atoms. The highest BCUT2D eigenvalue weighted by Crippen LogP contribution is 2.38. The number of rotatable bonds is 7. The van der Waals surface area contributed by atoms with Crippen molar-refractivity contribution in [1.82, 2.24) is 19.7 Å². The lowest BCUT2D eigenvalue weighted by Crippen LogP contribution is -2.17. The van der Waals surface area contributed by atoms with E-state index in [1.807, 2.05) is 6.92 Å². The van der Waals surface area contributed by atoms with E-state index in [0.717, 1.165) is 12.1 Å². The number of hydrogen-bond donors (Lipinski definition) is 2. The highest BCUT2D eigenvalue weighted by Gasteiger charge is 2.31. The number of alkyl halides is 3. The molecule has 0 fully saturated rings. The molecular weight excluding hydrogens is 478 g/mol. The van der Waals surface area contributed by atoms with Gasteiger partial charge in [0.25, 0.3) is 0 Å². The van der Waals surface area contributed by atoms with Crippen molar-refractivity contribution in [1.29, 1.82) is 0 Å². The maximum absolute atomic E-state index is 13.6. The molecule has 0 amide bonds. The predicted octanol–water partition coefficient (Wildman–Crippen LogP) is 6.51. The Bertz CT molecular complexity index is 1420.